The predicted molar refractivity (Wildman–Crippen MR) is 74.6 cm³/mol. The summed E-state index contributed by atoms with van der Waals surface area (Å²) in [6.45, 7) is 1.78. The first kappa shape index (κ1) is 13.8. The number of hydrogen-bond acceptors (Lipinski definition) is 4. The van der Waals surface area contributed by atoms with Crippen LogP contribution in [0.3, 0.4) is 0 Å². The number of nitrogens with one attached hydrogen (secondary N) is 3. The van der Waals surface area contributed by atoms with Crippen LogP contribution in [0.2, 0.25) is 0 Å². The number of benzene rings is 1. The smallest absolute Gasteiger partial charge is 0.243 e. The Kier molecular flexibility index (Phi) is 4.36. The zero-order valence-corrected chi connectivity index (χ0v) is 11.0. The maximum absolute atomic E-state index is 12.0. The summed E-state index contributed by atoms with van der Waals surface area (Å²) < 4.78 is 5.26. The Morgan fingerprint density at radius 1 is 1.47 bits per heavy atom. The van der Waals surface area contributed by atoms with E-state index in [1.165, 1.54) is 0 Å². The second-order valence-electron chi connectivity index (χ2n) is 4.24. The lowest BCUT2D eigenvalue weighted by molar-refractivity contribution is -0.120. The van der Waals surface area contributed by atoms with Crippen LogP contribution >= 0.6 is 12.4 Å². The Labute approximate surface area is 116 Å². The SMILES string of the molecule is Cl.O=C(Nc1ccc2cn[nH]c2c1)C1COCCN1. The molecule has 1 saturated heterocycles. The van der Waals surface area contributed by atoms with Crippen molar-refractivity contribution in [3.05, 3.63) is 24.4 Å². The van der Waals surface area contributed by atoms with Gasteiger partial charge in [0, 0.05) is 17.6 Å². The van der Waals surface area contributed by atoms with E-state index in [4.69, 9.17) is 4.74 Å². The van der Waals surface area contributed by atoms with E-state index in [9.17, 15) is 4.79 Å². The molecule has 1 aliphatic rings. The average Bonchev–Trinajstić information content (AvgIpc) is 2.87. The highest BCUT2D eigenvalue weighted by atomic mass is 35.5. The molecule has 1 aromatic heterocycles. The molecule has 102 valence electrons. The molecule has 0 radical (unpaired) electrons. The lowest BCUT2D eigenvalue weighted by Crippen LogP contribution is -2.48. The number of fused-ring (bicyclic) bond motifs is 1. The van der Waals surface area contributed by atoms with Crippen molar-refractivity contribution in [3.63, 3.8) is 0 Å². The molecule has 1 aromatic carbocycles. The fourth-order valence-electron chi connectivity index (χ4n) is 1.98. The minimum Gasteiger partial charge on any atom is -0.378 e. The number of aromatic amines is 1. The van der Waals surface area contributed by atoms with Crippen molar-refractivity contribution in [1.82, 2.24) is 15.5 Å². The lowest BCUT2D eigenvalue weighted by Gasteiger charge is -2.22. The summed E-state index contributed by atoms with van der Waals surface area (Å²) >= 11 is 0. The van der Waals surface area contributed by atoms with Crippen LogP contribution in [0, 0.1) is 0 Å². The number of carbonyl (C=O) groups excluding carboxylic acids is 1. The number of amides is 1. The second kappa shape index (κ2) is 6.01. The monoisotopic (exact) mass is 282 g/mol. The van der Waals surface area contributed by atoms with Crippen LogP contribution in [-0.4, -0.2) is 41.9 Å². The highest BCUT2D eigenvalue weighted by Crippen LogP contribution is 2.16. The quantitative estimate of drug-likeness (QED) is 0.765. The van der Waals surface area contributed by atoms with Crippen molar-refractivity contribution in [3.8, 4) is 0 Å². The van der Waals surface area contributed by atoms with Crippen LogP contribution in [0.4, 0.5) is 5.69 Å². The van der Waals surface area contributed by atoms with Gasteiger partial charge in [-0.05, 0) is 18.2 Å². The van der Waals surface area contributed by atoms with E-state index < -0.39 is 0 Å². The fourth-order valence-corrected chi connectivity index (χ4v) is 1.98. The summed E-state index contributed by atoms with van der Waals surface area (Å²) in [7, 11) is 0. The number of hydrogen-bond donors (Lipinski definition) is 3. The zero-order chi connectivity index (χ0) is 12.4. The molecule has 0 spiro atoms. The number of aromatic nitrogens is 2. The first-order chi connectivity index (χ1) is 8.83. The third-order valence-corrected chi connectivity index (χ3v) is 2.95. The van der Waals surface area contributed by atoms with Gasteiger partial charge < -0.3 is 15.4 Å². The number of carbonyl (C=O) groups is 1. The molecule has 7 heteroatoms. The maximum Gasteiger partial charge on any atom is 0.243 e. The van der Waals surface area contributed by atoms with Gasteiger partial charge in [-0.25, -0.2) is 0 Å². The van der Waals surface area contributed by atoms with E-state index in [2.05, 4.69) is 20.8 Å². The first-order valence-electron chi connectivity index (χ1n) is 5.88. The largest absolute Gasteiger partial charge is 0.378 e. The average molecular weight is 283 g/mol. The van der Waals surface area contributed by atoms with Crippen molar-refractivity contribution >= 4 is 34.9 Å². The van der Waals surface area contributed by atoms with Gasteiger partial charge in [-0.15, -0.1) is 12.4 Å². The van der Waals surface area contributed by atoms with Crippen molar-refractivity contribution < 1.29 is 9.53 Å². The minimum atomic E-state index is -0.281. The number of nitrogens with zero attached hydrogens (tertiary/aromatic N) is 1. The summed E-state index contributed by atoms with van der Waals surface area (Å²) in [6, 6.07) is 5.36. The molecule has 3 N–H and O–H groups in total. The normalized spacial score (nSPS) is 18.8. The van der Waals surface area contributed by atoms with Gasteiger partial charge in [0.15, 0.2) is 0 Å². The van der Waals surface area contributed by atoms with Crippen LogP contribution in [-0.2, 0) is 9.53 Å². The number of anilines is 1. The molecule has 0 bridgehead atoms. The van der Waals surface area contributed by atoms with E-state index >= 15 is 0 Å². The fraction of sp³-hybridized carbons (Fsp3) is 0.333. The molecule has 2 heterocycles. The Balaban J connectivity index is 0.00000133. The molecule has 19 heavy (non-hydrogen) atoms. The molecule has 1 amide bonds. The van der Waals surface area contributed by atoms with E-state index in [1.807, 2.05) is 18.2 Å². The van der Waals surface area contributed by atoms with Gasteiger partial charge in [0.1, 0.15) is 6.04 Å². The van der Waals surface area contributed by atoms with E-state index in [1.54, 1.807) is 6.20 Å². The topological polar surface area (TPSA) is 79.0 Å². The zero-order valence-electron chi connectivity index (χ0n) is 10.2. The van der Waals surface area contributed by atoms with Gasteiger partial charge in [0.25, 0.3) is 0 Å². The second-order valence-corrected chi connectivity index (χ2v) is 4.24. The van der Waals surface area contributed by atoms with Gasteiger partial charge in [0.05, 0.1) is 24.9 Å². The van der Waals surface area contributed by atoms with Crippen molar-refractivity contribution in [1.29, 1.82) is 0 Å². The highest BCUT2D eigenvalue weighted by Gasteiger charge is 2.21. The molecule has 0 saturated carbocycles. The number of H-pyrrole nitrogens is 1. The van der Waals surface area contributed by atoms with Gasteiger partial charge in [0.2, 0.25) is 5.91 Å². The number of rotatable bonds is 2. The van der Waals surface area contributed by atoms with Gasteiger partial charge in [-0.2, -0.15) is 5.10 Å². The van der Waals surface area contributed by atoms with Crippen molar-refractivity contribution in [2.24, 2.45) is 0 Å². The molecule has 2 aromatic rings. The molecule has 6 nitrogen and oxygen atoms in total. The summed E-state index contributed by atoms with van der Waals surface area (Å²) in [5.74, 6) is -0.0754. The maximum atomic E-state index is 12.0. The minimum absolute atomic E-state index is 0. The summed E-state index contributed by atoms with van der Waals surface area (Å²) in [4.78, 5) is 12.0. The first-order valence-corrected chi connectivity index (χ1v) is 5.88. The molecule has 3 rings (SSSR count). The molecule has 1 fully saturated rings. The van der Waals surface area contributed by atoms with E-state index in [0.29, 0.717) is 19.8 Å². The summed E-state index contributed by atoms with van der Waals surface area (Å²) in [6.07, 6.45) is 1.75. The van der Waals surface area contributed by atoms with Gasteiger partial charge in [-0.1, -0.05) is 0 Å². The Morgan fingerprint density at radius 3 is 3.16 bits per heavy atom. The number of halogens is 1. The Morgan fingerprint density at radius 2 is 2.37 bits per heavy atom. The molecule has 1 atom stereocenters. The molecular weight excluding hydrogens is 268 g/mol. The number of morpholine rings is 1. The van der Waals surface area contributed by atoms with E-state index in [0.717, 1.165) is 16.6 Å². The van der Waals surface area contributed by atoms with Crippen molar-refractivity contribution in [2.75, 3.05) is 25.1 Å². The Bertz CT molecular complexity index is 566. The predicted octanol–water partition coefficient (Wildman–Crippen LogP) is 0.912. The third-order valence-electron chi connectivity index (χ3n) is 2.95. The lowest BCUT2D eigenvalue weighted by atomic mass is 10.2. The standard InChI is InChI=1S/C12H14N4O2.ClH/c17-12(11-7-18-4-3-13-11)15-9-2-1-8-6-14-16-10(8)5-9;/h1-2,5-6,11,13H,3-4,7H2,(H,14,16)(H,15,17);1H. The highest BCUT2D eigenvalue weighted by molar-refractivity contribution is 5.96. The number of ether oxygens (including phenoxy) is 1. The van der Waals surface area contributed by atoms with Crippen LogP contribution in [0.1, 0.15) is 0 Å². The van der Waals surface area contributed by atoms with Gasteiger partial charge in [-0.3, -0.25) is 9.89 Å². The Hall–Kier alpha value is -1.63. The molecule has 1 unspecified atom stereocenters. The van der Waals surface area contributed by atoms with Crippen LogP contribution in [0.15, 0.2) is 24.4 Å². The van der Waals surface area contributed by atoms with E-state index in [-0.39, 0.29) is 24.4 Å². The summed E-state index contributed by atoms with van der Waals surface area (Å²) in [5, 5.41) is 13.8. The van der Waals surface area contributed by atoms with Crippen molar-refractivity contribution in [2.45, 2.75) is 6.04 Å². The molecule has 0 aliphatic carbocycles. The van der Waals surface area contributed by atoms with Gasteiger partial charge >= 0.3 is 0 Å². The van der Waals surface area contributed by atoms with Crippen LogP contribution in [0.25, 0.3) is 10.9 Å². The summed E-state index contributed by atoms with van der Waals surface area (Å²) in [5.41, 5.74) is 1.66. The molecule has 1 aliphatic heterocycles. The molecular formula is C12H15ClN4O2. The van der Waals surface area contributed by atoms with Crippen LogP contribution < -0.4 is 10.6 Å². The van der Waals surface area contributed by atoms with Crippen LogP contribution in [0.5, 0.6) is 0 Å². The third kappa shape index (κ3) is 3.04.